The Morgan fingerprint density at radius 2 is 2.00 bits per heavy atom. The number of hydrogen-bond acceptors (Lipinski definition) is 3. The normalized spacial score (nSPS) is 14.9. The van der Waals surface area contributed by atoms with Crippen molar-refractivity contribution in [3.8, 4) is 5.75 Å². The monoisotopic (exact) mass is 283 g/mol. The van der Waals surface area contributed by atoms with Crippen LogP contribution in [0.5, 0.6) is 5.75 Å². The van der Waals surface area contributed by atoms with Crippen LogP contribution in [0, 0.1) is 11.2 Å². The molecule has 0 aliphatic rings. The number of halogens is 1. The summed E-state index contributed by atoms with van der Waals surface area (Å²) in [5.41, 5.74) is 0.879. The van der Waals surface area contributed by atoms with Gasteiger partial charge in [0.2, 0.25) is 0 Å². The summed E-state index contributed by atoms with van der Waals surface area (Å²) < 4.78 is 18.6. The third-order valence-corrected chi connectivity index (χ3v) is 3.41. The van der Waals surface area contributed by atoms with Crippen LogP contribution in [0.2, 0.25) is 0 Å². The molecular weight excluding hydrogens is 257 g/mol. The first-order chi connectivity index (χ1) is 9.25. The minimum Gasteiger partial charge on any atom is -0.494 e. The molecule has 0 saturated heterocycles. The van der Waals surface area contributed by atoms with E-state index in [1.165, 1.54) is 13.2 Å². The third kappa shape index (κ3) is 5.10. The van der Waals surface area contributed by atoms with Crippen molar-refractivity contribution in [1.82, 2.24) is 5.32 Å². The van der Waals surface area contributed by atoms with Gasteiger partial charge in [0.05, 0.1) is 13.2 Å². The molecule has 4 heteroatoms. The van der Waals surface area contributed by atoms with Gasteiger partial charge in [0.25, 0.3) is 0 Å². The van der Waals surface area contributed by atoms with Crippen LogP contribution in [0.3, 0.4) is 0 Å². The van der Waals surface area contributed by atoms with Gasteiger partial charge in [0.1, 0.15) is 0 Å². The molecule has 3 nitrogen and oxygen atoms in total. The highest BCUT2D eigenvalue weighted by atomic mass is 19.1. The van der Waals surface area contributed by atoms with Crippen molar-refractivity contribution >= 4 is 0 Å². The first-order valence-corrected chi connectivity index (χ1v) is 7.00. The smallest absolute Gasteiger partial charge is 0.165 e. The van der Waals surface area contributed by atoms with Gasteiger partial charge in [-0.25, -0.2) is 4.39 Å². The second-order valence-electron chi connectivity index (χ2n) is 6.21. The minimum atomic E-state index is -0.345. The van der Waals surface area contributed by atoms with Crippen molar-refractivity contribution in [3.63, 3.8) is 0 Å². The van der Waals surface area contributed by atoms with Gasteiger partial charge in [-0.05, 0) is 43.4 Å². The second kappa shape index (κ2) is 7.04. The summed E-state index contributed by atoms with van der Waals surface area (Å²) in [6.45, 7) is 8.76. The van der Waals surface area contributed by atoms with Gasteiger partial charge in [-0.1, -0.05) is 19.9 Å². The van der Waals surface area contributed by atoms with E-state index in [-0.39, 0.29) is 29.1 Å². The molecule has 1 rings (SSSR count). The van der Waals surface area contributed by atoms with Gasteiger partial charge in [-0.2, -0.15) is 0 Å². The van der Waals surface area contributed by atoms with Crippen molar-refractivity contribution in [2.24, 2.45) is 5.41 Å². The van der Waals surface area contributed by atoms with Crippen molar-refractivity contribution in [2.45, 2.75) is 46.3 Å². The molecule has 114 valence electrons. The summed E-state index contributed by atoms with van der Waals surface area (Å²) in [7, 11) is 1.46. The minimum absolute atomic E-state index is 0.00651. The molecule has 0 radical (unpaired) electrons. The molecule has 0 aliphatic heterocycles. The number of aliphatic hydroxyl groups is 1. The molecule has 2 atom stereocenters. The van der Waals surface area contributed by atoms with Crippen LogP contribution in [-0.4, -0.2) is 24.9 Å². The molecule has 0 bridgehead atoms. The summed E-state index contributed by atoms with van der Waals surface area (Å²) in [5.74, 6) is -0.0859. The van der Waals surface area contributed by atoms with Crippen molar-refractivity contribution in [3.05, 3.63) is 29.6 Å². The second-order valence-corrected chi connectivity index (χ2v) is 6.21. The lowest BCUT2D eigenvalue weighted by Gasteiger charge is -2.28. The Labute approximate surface area is 121 Å². The van der Waals surface area contributed by atoms with Gasteiger partial charge in [-0.15, -0.1) is 0 Å². The Hall–Kier alpha value is -1.13. The molecule has 1 aromatic rings. The Balaban J connectivity index is 2.63. The molecule has 0 amide bonds. The molecule has 1 aromatic carbocycles. The molecule has 20 heavy (non-hydrogen) atoms. The summed E-state index contributed by atoms with van der Waals surface area (Å²) >= 11 is 0. The average molecular weight is 283 g/mol. The molecule has 0 spiro atoms. The lowest BCUT2D eigenvalue weighted by molar-refractivity contribution is 0.127. The predicted molar refractivity (Wildman–Crippen MR) is 79.4 cm³/mol. The highest BCUT2D eigenvalue weighted by Crippen LogP contribution is 2.25. The Morgan fingerprint density at radius 1 is 1.35 bits per heavy atom. The van der Waals surface area contributed by atoms with E-state index in [1.54, 1.807) is 13.0 Å². The maximum atomic E-state index is 13.7. The van der Waals surface area contributed by atoms with Crippen LogP contribution in [-0.2, 0) is 0 Å². The predicted octanol–water partition coefficient (Wildman–Crippen LogP) is 3.28. The van der Waals surface area contributed by atoms with E-state index in [0.29, 0.717) is 0 Å². The van der Waals surface area contributed by atoms with E-state index < -0.39 is 0 Å². The van der Waals surface area contributed by atoms with Crippen molar-refractivity contribution < 1.29 is 14.2 Å². The average Bonchev–Trinajstić information content (AvgIpc) is 2.34. The van der Waals surface area contributed by atoms with E-state index in [9.17, 15) is 9.50 Å². The maximum absolute atomic E-state index is 13.7. The number of benzene rings is 1. The van der Waals surface area contributed by atoms with Gasteiger partial charge in [0.15, 0.2) is 11.6 Å². The molecule has 0 aromatic heterocycles. The number of ether oxygens (including phenoxy) is 1. The first-order valence-electron chi connectivity index (χ1n) is 7.00. The van der Waals surface area contributed by atoms with Gasteiger partial charge >= 0.3 is 0 Å². The fourth-order valence-electron chi connectivity index (χ4n) is 2.37. The zero-order chi connectivity index (χ0) is 15.3. The molecule has 2 unspecified atom stereocenters. The third-order valence-electron chi connectivity index (χ3n) is 3.41. The first kappa shape index (κ1) is 16.9. The lowest BCUT2D eigenvalue weighted by Crippen LogP contribution is -2.33. The molecular formula is C16H26FNO2. The van der Waals surface area contributed by atoms with E-state index >= 15 is 0 Å². The summed E-state index contributed by atoms with van der Waals surface area (Å²) in [6, 6.07) is 5.05. The van der Waals surface area contributed by atoms with Crippen molar-refractivity contribution in [1.29, 1.82) is 0 Å². The largest absolute Gasteiger partial charge is 0.494 e. The Kier molecular flexibility index (Phi) is 5.96. The summed E-state index contributed by atoms with van der Waals surface area (Å²) in [6.07, 6.45) is 0.407. The molecule has 0 aliphatic carbocycles. The van der Waals surface area contributed by atoms with Crippen LogP contribution in [0.25, 0.3) is 0 Å². The molecule has 0 saturated carbocycles. The van der Waals surface area contributed by atoms with Crippen LogP contribution in [0.4, 0.5) is 4.39 Å². The summed E-state index contributed by atoms with van der Waals surface area (Å²) in [4.78, 5) is 0. The van der Waals surface area contributed by atoms with Crippen LogP contribution >= 0.6 is 0 Å². The fourth-order valence-corrected chi connectivity index (χ4v) is 2.37. The number of hydrogen-bond donors (Lipinski definition) is 2. The van der Waals surface area contributed by atoms with E-state index in [2.05, 4.69) is 19.2 Å². The Morgan fingerprint density at radius 3 is 2.50 bits per heavy atom. The standard InChI is InChI=1S/C16H26FNO2/c1-11(19)9-16(3,4)10-18-12(2)13-6-7-15(20-5)14(17)8-13/h6-8,11-12,18-19H,9-10H2,1-5H3. The quantitative estimate of drug-likeness (QED) is 0.807. The number of rotatable bonds is 7. The van der Waals surface area contributed by atoms with E-state index in [4.69, 9.17) is 4.74 Å². The highest BCUT2D eigenvalue weighted by molar-refractivity contribution is 5.30. The van der Waals surface area contributed by atoms with Crippen LogP contribution in [0.1, 0.15) is 45.7 Å². The number of methoxy groups -OCH3 is 1. The molecule has 0 fully saturated rings. The van der Waals surface area contributed by atoms with Gasteiger partial charge in [0, 0.05) is 12.6 Å². The lowest BCUT2D eigenvalue weighted by atomic mass is 9.86. The Bertz CT molecular complexity index is 432. The van der Waals surface area contributed by atoms with Gasteiger partial charge in [-0.3, -0.25) is 0 Å². The van der Waals surface area contributed by atoms with E-state index in [0.717, 1.165) is 18.5 Å². The number of aliphatic hydroxyl groups excluding tert-OH is 1. The highest BCUT2D eigenvalue weighted by Gasteiger charge is 2.21. The molecule has 2 N–H and O–H groups in total. The topological polar surface area (TPSA) is 41.5 Å². The zero-order valence-corrected chi connectivity index (χ0v) is 13.0. The van der Waals surface area contributed by atoms with Crippen molar-refractivity contribution in [2.75, 3.05) is 13.7 Å². The maximum Gasteiger partial charge on any atom is 0.165 e. The SMILES string of the molecule is COc1ccc(C(C)NCC(C)(C)CC(C)O)cc1F. The van der Waals surface area contributed by atoms with Crippen LogP contribution in [0.15, 0.2) is 18.2 Å². The van der Waals surface area contributed by atoms with Gasteiger partial charge < -0.3 is 15.2 Å². The van der Waals surface area contributed by atoms with Crippen LogP contribution < -0.4 is 10.1 Å². The number of nitrogens with one attached hydrogen (secondary N) is 1. The fraction of sp³-hybridized carbons (Fsp3) is 0.625. The van der Waals surface area contributed by atoms with E-state index in [1.807, 2.05) is 13.0 Å². The summed E-state index contributed by atoms with van der Waals surface area (Å²) in [5, 5.41) is 12.9. The molecule has 0 heterocycles. The zero-order valence-electron chi connectivity index (χ0n) is 13.0.